The predicted octanol–water partition coefficient (Wildman–Crippen LogP) is 1.45. The molecule has 0 aromatic carbocycles. The van der Waals surface area contributed by atoms with E-state index < -0.39 is 5.97 Å². The maximum absolute atomic E-state index is 12.0. The Morgan fingerprint density at radius 1 is 1.47 bits per heavy atom. The van der Waals surface area contributed by atoms with E-state index in [1.165, 1.54) is 0 Å². The molecule has 1 fully saturated rings. The molecule has 2 amide bonds. The molecule has 0 aliphatic carbocycles. The van der Waals surface area contributed by atoms with Crippen LogP contribution >= 0.6 is 0 Å². The maximum atomic E-state index is 12.0. The summed E-state index contributed by atoms with van der Waals surface area (Å²) in [4.78, 5) is 24.1. The summed E-state index contributed by atoms with van der Waals surface area (Å²) in [6.45, 7) is 5.37. The minimum atomic E-state index is -0.891. The van der Waals surface area contributed by atoms with Crippen LogP contribution in [0.2, 0.25) is 0 Å². The molecule has 19 heavy (non-hydrogen) atoms. The summed E-state index contributed by atoms with van der Waals surface area (Å²) in [7, 11) is 0. The highest BCUT2D eigenvalue weighted by Gasteiger charge is 2.19. The van der Waals surface area contributed by atoms with Crippen molar-refractivity contribution in [2.75, 3.05) is 19.7 Å². The summed E-state index contributed by atoms with van der Waals surface area (Å²) in [5, 5.41) is 11.5. The molecular formula is C13H24N2O4. The fourth-order valence-corrected chi connectivity index (χ4v) is 2.12. The van der Waals surface area contributed by atoms with Crippen LogP contribution in [-0.4, -0.2) is 53.8 Å². The van der Waals surface area contributed by atoms with Crippen LogP contribution in [0.3, 0.4) is 0 Å². The number of nitrogens with one attached hydrogen (secondary N) is 1. The Kier molecular flexibility index (Phi) is 6.62. The molecular weight excluding hydrogens is 248 g/mol. The smallest absolute Gasteiger partial charge is 0.317 e. The Bertz CT molecular complexity index is 301. The number of hydrogen-bond acceptors (Lipinski definition) is 3. The standard InChI is InChI=1S/C13H24N2O4/c1-10(2)15(8-6-12(16)17)13(18)14-7-5-11-4-3-9-19-11/h10-11H,3-9H2,1-2H3,(H,14,18)(H,16,17). The number of urea groups is 1. The van der Waals surface area contributed by atoms with Crippen LogP contribution in [0.4, 0.5) is 4.79 Å². The van der Waals surface area contributed by atoms with Gasteiger partial charge in [0.05, 0.1) is 12.5 Å². The molecule has 6 heteroatoms. The van der Waals surface area contributed by atoms with Crippen LogP contribution in [0, 0.1) is 0 Å². The molecule has 0 aromatic rings. The van der Waals surface area contributed by atoms with Crippen molar-refractivity contribution in [2.24, 2.45) is 0 Å². The first kappa shape index (κ1) is 15.8. The molecule has 1 atom stereocenters. The van der Waals surface area contributed by atoms with Crippen molar-refractivity contribution >= 4 is 12.0 Å². The quantitative estimate of drug-likeness (QED) is 0.735. The monoisotopic (exact) mass is 272 g/mol. The summed E-state index contributed by atoms with van der Waals surface area (Å²) in [6, 6.07) is -0.212. The molecule has 110 valence electrons. The minimum absolute atomic E-state index is 0.0120. The number of nitrogens with zero attached hydrogens (tertiary/aromatic N) is 1. The van der Waals surface area contributed by atoms with Crippen LogP contribution in [0.15, 0.2) is 0 Å². The van der Waals surface area contributed by atoms with E-state index >= 15 is 0 Å². The highest BCUT2D eigenvalue weighted by atomic mass is 16.5. The minimum Gasteiger partial charge on any atom is -0.481 e. The Hall–Kier alpha value is -1.30. The van der Waals surface area contributed by atoms with Gasteiger partial charge in [0.25, 0.3) is 0 Å². The second-order valence-corrected chi connectivity index (χ2v) is 5.09. The van der Waals surface area contributed by atoms with Gasteiger partial charge in [0.2, 0.25) is 0 Å². The molecule has 1 heterocycles. The number of carboxylic acid groups (broad SMARTS) is 1. The molecule has 0 radical (unpaired) electrons. The van der Waals surface area contributed by atoms with Gasteiger partial charge in [0, 0.05) is 25.7 Å². The van der Waals surface area contributed by atoms with Crippen molar-refractivity contribution in [1.29, 1.82) is 0 Å². The first-order chi connectivity index (χ1) is 9.00. The lowest BCUT2D eigenvalue weighted by atomic mass is 10.2. The van der Waals surface area contributed by atoms with Crippen LogP contribution in [0.1, 0.15) is 39.5 Å². The zero-order chi connectivity index (χ0) is 14.3. The highest BCUT2D eigenvalue weighted by Crippen LogP contribution is 2.14. The van der Waals surface area contributed by atoms with Crippen LogP contribution in [-0.2, 0) is 9.53 Å². The summed E-state index contributed by atoms with van der Waals surface area (Å²) >= 11 is 0. The molecule has 1 aliphatic rings. The molecule has 0 aromatic heterocycles. The Morgan fingerprint density at radius 2 is 2.21 bits per heavy atom. The fourth-order valence-electron chi connectivity index (χ4n) is 2.12. The van der Waals surface area contributed by atoms with Gasteiger partial charge in [0.15, 0.2) is 0 Å². The van der Waals surface area contributed by atoms with Crippen molar-refractivity contribution in [3.8, 4) is 0 Å². The van der Waals surface area contributed by atoms with Crippen LogP contribution < -0.4 is 5.32 Å². The summed E-state index contributed by atoms with van der Waals surface area (Å²) in [5.41, 5.74) is 0. The van der Waals surface area contributed by atoms with Crippen molar-refractivity contribution in [1.82, 2.24) is 10.2 Å². The topological polar surface area (TPSA) is 78.9 Å². The lowest BCUT2D eigenvalue weighted by molar-refractivity contribution is -0.137. The molecule has 1 unspecified atom stereocenters. The normalized spacial score (nSPS) is 18.6. The number of aliphatic carboxylic acids is 1. The van der Waals surface area contributed by atoms with Crippen LogP contribution in [0.5, 0.6) is 0 Å². The van der Waals surface area contributed by atoms with E-state index in [0.29, 0.717) is 6.54 Å². The average Bonchev–Trinajstić information content (AvgIpc) is 2.81. The van der Waals surface area contributed by atoms with E-state index in [0.717, 1.165) is 25.9 Å². The zero-order valence-corrected chi connectivity index (χ0v) is 11.7. The van der Waals surface area contributed by atoms with Gasteiger partial charge >= 0.3 is 12.0 Å². The number of rotatable bonds is 7. The Balaban J connectivity index is 2.28. The molecule has 0 bridgehead atoms. The third-order valence-corrected chi connectivity index (χ3v) is 3.22. The average molecular weight is 272 g/mol. The van der Waals surface area contributed by atoms with E-state index in [9.17, 15) is 9.59 Å². The van der Waals surface area contributed by atoms with Gasteiger partial charge in [-0.2, -0.15) is 0 Å². The summed E-state index contributed by atoms with van der Waals surface area (Å²) in [6.07, 6.45) is 3.19. The van der Waals surface area contributed by atoms with Gasteiger partial charge in [-0.1, -0.05) is 0 Å². The molecule has 2 N–H and O–H groups in total. The highest BCUT2D eigenvalue weighted by molar-refractivity contribution is 5.75. The van der Waals surface area contributed by atoms with Crippen molar-refractivity contribution in [2.45, 2.75) is 51.7 Å². The van der Waals surface area contributed by atoms with Gasteiger partial charge in [-0.3, -0.25) is 4.79 Å². The number of carboxylic acids is 1. The maximum Gasteiger partial charge on any atom is 0.317 e. The second-order valence-electron chi connectivity index (χ2n) is 5.09. The molecule has 6 nitrogen and oxygen atoms in total. The van der Waals surface area contributed by atoms with E-state index in [-0.39, 0.29) is 31.1 Å². The van der Waals surface area contributed by atoms with E-state index in [1.54, 1.807) is 4.90 Å². The van der Waals surface area contributed by atoms with Gasteiger partial charge in [-0.25, -0.2) is 4.79 Å². The van der Waals surface area contributed by atoms with Crippen molar-refractivity contribution in [3.05, 3.63) is 0 Å². The Labute approximate surface area is 114 Å². The van der Waals surface area contributed by atoms with Gasteiger partial charge in [-0.05, 0) is 33.1 Å². The first-order valence-corrected chi connectivity index (χ1v) is 6.88. The van der Waals surface area contributed by atoms with E-state index in [2.05, 4.69) is 5.32 Å². The van der Waals surface area contributed by atoms with Gasteiger partial charge in [0.1, 0.15) is 0 Å². The Morgan fingerprint density at radius 3 is 2.74 bits per heavy atom. The number of hydrogen-bond donors (Lipinski definition) is 2. The molecule has 1 rings (SSSR count). The van der Waals surface area contributed by atoms with Crippen LogP contribution in [0.25, 0.3) is 0 Å². The summed E-state index contributed by atoms with van der Waals surface area (Å²) < 4.78 is 5.48. The van der Waals surface area contributed by atoms with Crippen molar-refractivity contribution in [3.63, 3.8) is 0 Å². The number of ether oxygens (including phenoxy) is 1. The third-order valence-electron chi connectivity index (χ3n) is 3.22. The largest absolute Gasteiger partial charge is 0.481 e. The summed E-state index contributed by atoms with van der Waals surface area (Å²) in [5.74, 6) is -0.891. The number of carbonyl (C=O) groups is 2. The fraction of sp³-hybridized carbons (Fsp3) is 0.846. The molecule has 1 aliphatic heterocycles. The first-order valence-electron chi connectivity index (χ1n) is 6.88. The molecule has 1 saturated heterocycles. The lowest BCUT2D eigenvalue weighted by Crippen LogP contribution is -2.45. The van der Waals surface area contributed by atoms with Gasteiger partial charge < -0.3 is 20.1 Å². The van der Waals surface area contributed by atoms with Gasteiger partial charge in [-0.15, -0.1) is 0 Å². The zero-order valence-electron chi connectivity index (χ0n) is 11.7. The molecule has 0 saturated carbocycles. The second kappa shape index (κ2) is 7.99. The van der Waals surface area contributed by atoms with E-state index in [4.69, 9.17) is 9.84 Å². The SMILES string of the molecule is CC(C)N(CCC(=O)O)C(=O)NCCC1CCCO1. The number of amides is 2. The predicted molar refractivity (Wildman–Crippen MR) is 71.1 cm³/mol. The number of carbonyl (C=O) groups excluding carboxylic acids is 1. The third kappa shape index (κ3) is 5.92. The van der Waals surface area contributed by atoms with Crippen molar-refractivity contribution < 1.29 is 19.4 Å². The molecule has 0 spiro atoms. The lowest BCUT2D eigenvalue weighted by Gasteiger charge is -2.26. The van der Waals surface area contributed by atoms with E-state index in [1.807, 2.05) is 13.8 Å².